The Balaban J connectivity index is 2.26. The minimum Gasteiger partial charge on any atom is -0.366 e. The third kappa shape index (κ3) is 3.90. The van der Waals surface area contributed by atoms with Gasteiger partial charge >= 0.3 is 0 Å². The molecule has 0 unspecified atom stereocenters. The number of nitrogens with one attached hydrogen (secondary N) is 1. The molecule has 0 radical (unpaired) electrons. The number of hydrogen-bond acceptors (Lipinski definition) is 4. The number of carbonyl (C=O) groups is 1. The summed E-state index contributed by atoms with van der Waals surface area (Å²) in [5.41, 5.74) is 6.76. The van der Waals surface area contributed by atoms with Gasteiger partial charge < -0.3 is 11.1 Å². The quantitative estimate of drug-likeness (QED) is 0.835. The molecule has 114 valence electrons. The van der Waals surface area contributed by atoms with E-state index >= 15 is 0 Å². The van der Waals surface area contributed by atoms with Crippen molar-refractivity contribution in [3.63, 3.8) is 0 Å². The summed E-state index contributed by atoms with van der Waals surface area (Å²) in [7, 11) is -3.29. The normalized spacial score (nSPS) is 11.0. The second kappa shape index (κ2) is 6.25. The Hall–Kier alpha value is -2.25. The molecule has 2 rings (SSSR count). The Morgan fingerprint density at radius 2 is 1.73 bits per heavy atom. The van der Waals surface area contributed by atoms with Crippen LogP contribution in [-0.2, 0) is 9.84 Å². The van der Waals surface area contributed by atoms with Crippen LogP contribution in [0.2, 0.25) is 0 Å². The van der Waals surface area contributed by atoms with E-state index in [-0.39, 0.29) is 4.90 Å². The highest BCUT2D eigenvalue weighted by Gasteiger charge is 2.09. The molecule has 0 aromatic heterocycles. The van der Waals surface area contributed by atoms with Crippen LogP contribution < -0.4 is 11.1 Å². The topological polar surface area (TPSA) is 89.3 Å². The second-order valence-corrected chi connectivity index (χ2v) is 7.12. The Labute approximate surface area is 134 Å². The van der Waals surface area contributed by atoms with E-state index in [9.17, 15) is 13.2 Å². The van der Waals surface area contributed by atoms with E-state index in [1.165, 1.54) is 12.1 Å². The number of nitrogens with two attached hydrogens (primary N) is 1. The summed E-state index contributed by atoms with van der Waals surface area (Å²) >= 11 is 5.27. The van der Waals surface area contributed by atoms with E-state index < -0.39 is 15.7 Å². The van der Waals surface area contributed by atoms with Gasteiger partial charge in [-0.25, -0.2) is 8.42 Å². The predicted molar refractivity (Wildman–Crippen MR) is 89.8 cm³/mol. The minimum absolute atomic E-state index is 0.200. The molecular formula is C15H14N2O3S2. The standard InChI is InChI=1S/C15H14N2O3S2/c1-22(19,20)13-7-3-6-12(9-13)17-15(21)11-5-2-4-10(8-11)14(16)18/h2-9H,1H3,(H2,16,18)(H,17,21). The van der Waals surface area contributed by atoms with Gasteiger partial charge in [0.25, 0.3) is 0 Å². The van der Waals surface area contributed by atoms with Gasteiger partial charge in [0, 0.05) is 23.1 Å². The third-order valence-electron chi connectivity index (χ3n) is 2.93. The zero-order chi connectivity index (χ0) is 16.3. The number of thiocarbonyl (C=S) groups is 1. The molecule has 2 aromatic carbocycles. The van der Waals surface area contributed by atoms with Crippen LogP contribution in [0.1, 0.15) is 15.9 Å². The van der Waals surface area contributed by atoms with Gasteiger partial charge in [0.2, 0.25) is 5.91 Å². The molecule has 0 aliphatic carbocycles. The maximum atomic E-state index is 11.5. The fourth-order valence-corrected chi connectivity index (χ4v) is 2.73. The molecule has 22 heavy (non-hydrogen) atoms. The number of primary amides is 1. The lowest BCUT2D eigenvalue weighted by Gasteiger charge is -2.10. The zero-order valence-corrected chi connectivity index (χ0v) is 13.4. The van der Waals surface area contributed by atoms with Gasteiger partial charge in [0.1, 0.15) is 4.99 Å². The van der Waals surface area contributed by atoms with Crippen LogP contribution in [0.4, 0.5) is 5.69 Å². The molecule has 7 heteroatoms. The summed E-state index contributed by atoms with van der Waals surface area (Å²) < 4.78 is 23.1. The fraction of sp³-hybridized carbons (Fsp3) is 0.0667. The van der Waals surface area contributed by atoms with Crippen molar-refractivity contribution in [2.75, 3.05) is 11.6 Å². The Kier molecular flexibility index (Phi) is 4.58. The Morgan fingerprint density at radius 3 is 2.36 bits per heavy atom. The van der Waals surface area contributed by atoms with E-state index in [2.05, 4.69) is 5.32 Å². The van der Waals surface area contributed by atoms with Crippen LogP contribution >= 0.6 is 12.2 Å². The van der Waals surface area contributed by atoms with Gasteiger partial charge in [0.15, 0.2) is 9.84 Å². The highest BCUT2D eigenvalue weighted by Crippen LogP contribution is 2.17. The molecule has 0 aliphatic heterocycles. The number of carbonyl (C=O) groups excluding carboxylic acids is 1. The monoisotopic (exact) mass is 334 g/mol. The number of hydrogen-bond donors (Lipinski definition) is 2. The first-order valence-electron chi connectivity index (χ1n) is 6.29. The van der Waals surface area contributed by atoms with Crippen LogP contribution in [0.25, 0.3) is 0 Å². The average Bonchev–Trinajstić information content (AvgIpc) is 2.46. The average molecular weight is 334 g/mol. The molecule has 0 fully saturated rings. The summed E-state index contributed by atoms with van der Waals surface area (Å²) in [6.45, 7) is 0. The minimum atomic E-state index is -3.29. The van der Waals surface area contributed by atoms with Crippen LogP contribution in [0, 0.1) is 0 Å². The van der Waals surface area contributed by atoms with Crippen molar-refractivity contribution in [1.82, 2.24) is 0 Å². The van der Waals surface area contributed by atoms with E-state index in [1.807, 2.05) is 0 Å². The smallest absolute Gasteiger partial charge is 0.248 e. The molecule has 0 heterocycles. The Bertz CT molecular complexity index is 845. The van der Waals surface area contributed by atoms with Crippen LogP contribution in [0.15, 0.2) is 53.4 Å². The van der Waals surface area contributed by atoms with Crippen LogP contribution in [0.3, 0.4) is 0 Å². The largest absolute Gasteiger partial charge is 0.366 e. The van der Waals surface area contributed by atoms with Gasteiger partial charge in [-0.15, -0.1) is 0 Å². The van der Waals surface area contributed by atoms with Crippen molar-refractivity contribution < 1.29 is 13.2 Å². The molecule has 2 aromatic rings. The predicted octanol–water partition coefficient (Wildman–Crippen LogP) is 1.98. The highest BCUT2D eigenvalue weighted by atomic mass is 32.2. The summed E-state index contributed by atoms with van der Waals surface area (Å²) in [6, 6.07) is 12.9. The first-order valence-corrected chi connectivity index (χ1v) is 8.59. The van der Waals surface area contributed by atoms with Crippen molar-refractivity contribution in [3.8, 4) is 0 Å². The Morgan fingerprint density at radius 1 is 1.09 bits per heavy atom. The van der Waals surface area contributed by atoms with Crippen molar-refractivity contribution in [3.05, 3.63) is 59.7 Å². The van der Waals surface area contributed by atoms with E-state index in [1.54, 1.807) is 36.4 Å². The maximum absolute atomic E-state index is 11.5. The number of benzene rings is 2. The van der Waals surface area contributed by atoms with E-state index in [0.717, 1.165) is 6.26 Å². The molecular weight excluding hydrogens is 320 g/mol. The van der Waals surface area contributed by atoms with Gasteiger partial charge in [-0.1, -0.05) is 30.4 Å². The lowest BCUT2D eigenvalue weighted by Crippen LogP contribution is -2.14. The van der Waals surface area contributed by atoms with Gasteiger partial charge in [0.05, 0.1) is 4.90 Å². The third-order valence-corrected chi connectivity index (χ3v) is 4.38. The van der Waals surface area contributed by atoms with Gasteiger partial charge in [-0.2, -0.15) is 0 Å². The van der Waals surface area contributed by atoms with Crippen molar-refractivity contribution in [1.29, 1.82) is 0 Å². The fourth-order valence-electron chi connectivity index (χ4n) is 1.82. The zero-order valence-electron chi connectivity index (χ0n) is 11.7. The molecule has 0 saturated heterocycles. The van der Waals surface area contributed by atoms with Gasteiger partial charge in [-0.3, -0.25) is 4.79 Å². The number of rotatable bonds is 4. The first kappa shape index (κ1) is 16.1. The maximum Gasteiger partial charge on any atom is 0.248 e. The molecule has 1 amide bonds. The lowest BCUT2D eigenvalue weighted by molar-refractivity contribution is 0.100. The molecule has 3 N–H and O–H groups in total. The SMILES string of the molecule is CS(=O)(=O)c1cccc(NC(=S)c2cccc(C(N)=O)c2)c1. The summed E-state index contributed by atoms with van der Waals surface area (Å²) in [4.78, 5) is 11.8. The summed E-state index contributed by atoms with van der Waals surface area (Å²) in [6.07, 6.45) is 1.14. The second-order valence-electron chi connectivity index (χ2n) is 4.70. The highest BCUT2D eigenvalue weighted by molar-refractivity contribution is 7.90. The molecule has 0 aliphatic rings. The number of anilines is 1. The van der Waals surface area contributed by atoms with E-state index in [4.69, 9.17) is 18.0 Å². The molecule has 0 atom stereocenters. The summed E-state index contributed by atoms with van der Waals surface area (Å²) in [5, 5.41) is 2.95. The van der Waals surface area contributed by atoms with Crippen molar-refractivity contribution in [2.24, 2.45) is 5.73 Å². The lowest BCUT2D eigenvalue weighted by atomic mass is 10.1. The van der Waals surface area contributed by atoms with Crippen LogP contribution in [0.5, 0.6) is 0 Å². The van der Waals surface area contributed by atoms with Crippen molar-refractivity contribution in [2.45, 2.75) is 4.90 Å². The molecule has 5 nitrogen and oxygen atoms in total. The van der Waals surface area contributed by atoms with Crippen LogP contribution in [-0.4, -0.2) is 25.6 Å². The number of amides is 1. The molecule has 0 bridgehead atoms. The molecule has 0 spiro atoms. The van der Waals surface area contributed by atoms with Crippen molar-refractivity contribution >= 4 is 38.6 Å². The van der Waals surface area contributed by atoms with E-state index in [0.29, 0.717) is 21.8 Å². The molecule has 0 saturated carbocycles. The first-order chi connectivity index (χ1) is 10.3. The number of sulfone groups is 1. The van der Waals surface area contributed by atoms with Gasteiger partial charge in [-0.05, 0) is 30.3 Å². The summed E-state index contributed by atoms with van der Waals surface area (Å²) in [5.74, 6) is -0.538.